The van der Waals surface area contributed by atoms with E-state index in [0.717, 1.165) is 31.5 Å². The molecule has 0 unspecified atom stereocenters. The molecule has 0 saturated carbocycles. The average Bonchev–Trinajstić information content (AvgIpc) is 2.51. The van der Waals surface area contributed by atoms with E-state index in [1.165, 1.54) is 6.42 Å². The maximum Gasteiger partial charge on any atom is 0.243 e. The van der Waals surface area contributed by atoms with E-state index in [-0.39, 0.29) is 18.4 Å². The highest BCUT2D eigenvalue weighted by Gasteiger charge is 2.14. The quantitative estimate of drug-likeness (QED) is 0.873. The lowest BCUT2D eigenvalue weighted by Gasteiger charge is -2.25. The normalized spacial score (nSPS) is 15.4. The van der Waals surface area contributed by atoms with Crippen LogP contribution in [0.15, 0.2) is 18.2 Å². The molecule has 2 amide bonds. The van der Waals surface area contributed by atoms with Gasteiger partial charge in [-0.3, -0.25) is 14.5 Å². The van der Waals surface area contributed by atoms with Gasteiger partial charge in [0.05, 0.1) is 13.1 Å². The van der Waals surface area contributed by atoms with Crippen LogP contribution in [0.3, 0.4) is 0 Å². The molecule has 0 aromatic heterocycles. The van der Waals surface area contributed by atoms with Crippen molar-refractivity contribution < 1.29 is 9.59 Å². The van der Waals surface area contributed by atoms with Crippen LogP contribution in [0.2, 0.25) is 5.02 Å². The monoisotopic (exact) mass is 323 g/mol. The summed E-state index contributed by atoms with van der Waals surface area (Å²) < 4.78 is 0. The van der Waals surface area contributed by atoms with E-state index in [2.05, 4.69) is 15.5 Å². The van der Waals surface area contributed by atoms with Crippen LogP contribution in [-0.2, 0) is 9.59 Å². The molecule has 22 heavy (non-hydrogen) atoms. The number of anilines is 1. The lowest BCUT2D eigenvalue weighted by Crippen LogP contribution is -2.42. The zero-order valence-corrected chi connectivity index (χ0v) is 13.6. The molecule has 1 saturated heterocycles. The van der Waals surface area contributed by atoms with Crippen molar-refractivity contribution in [3.05, 3.63) is 28.8 Å². The molecule has 5 nitrogen and oxygen atoms in total. The summed E-state index contributed by atoms with van der Waals surface area (Å²) in [5.41, 5.74) is 1.49. The smallest absolute Gasteiger partial charge is 0.243 e. The predicted octanol–water partition coefficient (Wildman–Crippen LogP) is 2.19. The number of halogens is 1. The van der Waals surface area contributed by atoms with Crippen molar-refractivity contribution in [3.63, 3.8) is 0 Å². The average molecular weight is 324 g/mol. The fourth-order valence-corrected chi connectivity index (χ4v) is 2.67. The molecule has 0 atom stereocenters. The van der Waals surface area contributed by atoms with E-state index in [1.807, 2.05) is 6.92 Å². The largest absolute Gasteiger partial charge is 0.346 e. The Balaban J connectivity index is 1.75. The molecule has 1 aliphatic heterocycles. The van der Waals surface area contributed by atoms with Gasteiger partial charge in [0.1, 0.15) is 0 Å². The van der Waals surface area contributed by atoms with Gasteiger partial charge < -0.3 is 10.6 Å². The van der Waals surface area contributed by atoms with Crippen molar-refractivity contribution in [2.75, 3.05) is 31.5 Å². The second-order valence-corrected chi connectivity index (χ2v) is 5.98. The van der Waals surface area contributed by atoms with Gasteiger partial charge in [0.2, 0.25) is 11.8 Å². The van der Waals surface area contributed by atoms with Crippen molar-refractivity contribution in [1.82, 2.24) is 10.2 Å². The molecule has 1 heterocycles. The minimum absolute atomic E-state index is 0.0291. The zero-order chi connectivity index (χ0) is 15.9. The summed E-state index contributed by atoms with van der Waals surface area (Å²) in [4.78, 5) is 25.8. The topological polar surface area (TPSA) is 61.4 Å². The number of nitrogens with one attached hydrogen (secondary N) is 2. The Morgan fingerprint density at radius 3 is 2.64 bits per heavy atom. The summed E-state index contributed by atoms with van der Waals surface area (Å²) in [5.74, 6) is -0.364. The van der Waals surface area contributed by atoms with E-state index in [0.29, 0.717) is 17.3 Å². The predicted molar refractivity (Wildman–Crippen MR) is 88.1 cm³/mol. The van der Waals surface area contributed by atoms with Crippen LogP contribution in [0.5, 0.6) is 0 Å². The third kappa shape index (κ3) is 5.00. The Bertz CT molecular complexity index is 542. The summed E-state index contributed by atoms with van der Waals surface area (Å²) in [7, 11) is 0. The Morgan fingerprint density at radius 2 is 1.91 bits per heavy atom. The number of nitrogens with zero attached hydrogens (tertiary/aromatic N) is 1. The second-order valence-electron chi connectivity index (χ2n) is 5.57. The molecule has 0 spiro atoms. The molecular formula is C16H22ClN3O2. The standard InChI is InChI=1S/C16H22ClN3O2/c1-12-13(17)6-5-7-14(12)19-15(21)10-18-16(22)11-20-8-3-2-4-9-20/h5-7H,2-4,8-11H2,1H3,(H,18,22)(H,19,21). The number of likely N-dealkylation sites (tertiary alicyclic amines) is 1. The number of rotatable bonds is 5. The van der Waals surface area contributed by atoms with Crippen LogP contribution in [0, 0.1) is 6.92 Å². The maximum atomic E-state index is 11.9. The first-order valence-corrected chi connectivity index (χ1v) is 7.98. The second kappa shape index (κ2) is 8.15. The minimum atomic E-state index is -0.252. The Kier molecular flexibility index (Phi) is 6.21. The van der Waals surface area contributed by atoms with Crippen LogP contribution in [0.1, 0.15) is 24.8 Å². The molecule has 1 aliphatic rings. The first-order valence-electron chi connectivity index (χ1n) is 7.60. The number of benzene rings is 1. The molecule has 1 aromatic rings. The van der Waals surface area contributed by atoms with Crippen LogP contribution >= 0.6 is 11.6 Å². The van der Waals surface area contributed by atoms with Gasteiger partial charge in [0, 0.05) is 10.7 Å². The Hall–Kier alpha value is -1.59. The highest BCUT2D eigenvalue weighted by Crippen LogP contribution is 2.22. The van der Waals surface area contributed by atoms with Gasteiger partial charge in [0.25, 0.3) is 0 Å². The molecule has 0 bridgehead atoms. The van der Waals surface area contributed by atoms with Gasteiger partial charge in [-0.05, 0) is 50.6 Å². The molecule has 2 N–H and O–H groups in total. The summed E-state index contributed by atoms with van der Waals surface area (Å²) in [6.07, 6.45) is 3.52. The van der Waals surface area contributed by atoms with Gasteiger partial charge in [-0.2, -0.15) is 0 Å². The number of carbonyl (C=O) groups excluding carboxylic acids is 2. The van der Waals surface area contributed by atoms with Crippen molar-refractivity contribution in [1.29, 1.82) is 0 Å². The molecule has 0 aliphatic carbocycles. The van der Waals surface area contributed by atoms with Gasteiger partial charge >= 0.3 is 0 Å². The van der Waals surface area contributed by atoms with E-state index in [4.69, 9.17) is 11.6 Å². The first kappa shape index (κ1) is 16.8. The molecule has 2 rings (SSSR count). The molecule has 1 aromatic carbocycles. The minimum Gasteiger partial charge on any atom is -0.346 e. The van der Waals surface area contributed by atoms with Gasteiger partial charge in [-0.25, -0.2) is 0 Å². The van der Waals surface area contributed by atoms with E-state index in [9.17, 15) is 9.59 Å². The highest BCUT2D eigenvalue weighted by atomic mass is 35.5. The third-order valence-electron chi connectivity index (χ3n) is 3.80. The molecule has 120 valence electrons. The van der Waals surface area contributed by atoms with Crippen molar-refractivity contribution >= 4 is 29.1 Å². The number of hydrogen-bond donors (Lipinski definition) is 2. The Labute approximate surface area is 136 Å². The summed E-state index contributed by atoms with van der Waals surface area (Å²) in [5, 5.41) is 6.02. The zero-order valence-electron chi connectivity index (χ0n) is 12.8. The van der Waals surface area contributed by atoms with E-state index in [1.54, 1.807) is 18.2 Å². The van der Waals surface area contributed by atoms with Crippen LogP contribution in [0.4, 0.5) is 5.69 Å². The Morgan fingerprint density at radius 1 is 1.18 bits per heavy atom. The lowest BCUT2D eigenvalue weighted by atomic mass is 10.1. The maximum absolute atomic E-state index is 11.9. The molecule has 6 heteroatoms. The summed E-state index contributed by atoms with van der Waals surface area (Å²) in [6.45, 7) is 4.09. The van der Waals surface area contributed by atoms with Crippen molar-refractivity contribution in [2.45, 2.75) is 26.2 Å². The van der Waals surface area contributed by atoms with Crippen molar-refractivity contribution in [2.24, 2.45) is 0 Å². The number of hydrogen-bond acceptors (Lipinski definition) is 3. The summed E-state index contributed by atoms with van der Waals surface area (Å²) in [6, 6.07) is 5.33. The van der Waals surface area contributed by atoms with Gasteiger partial charge in [-0.15, -0.1) is 0 Å². The fourth-order valence-electron chi connectivity index (χ4n) is 2.49. The molecule has 0 radical (unpaired) electrons. The van der Waals surface area contributed by atoms with Crippen LogP contribution < -0.4 is 10.6 Å². The van der Waals surface area contributed by atoms with E-state index >= 15 is 0 Å². The third-order valence-corrected chi connectivity index (χ3v) is 4.21. The fraction of sp³-hybridized carbons (Fsp3) is 0.500. The lowest BCUT2D eigenvalue weighted by molar-refractivity contribution is -0.125. The number of piperidine rings is 1. The van der Waals surface area contributed by atoms with Gasteiger partial charge in [-0.1, -0.05) is 24.1 Å². The highest BCUT2D eigenvalue weighted by molar-refractivity contribution is 6.31. The van der Waals surface area contributed by atoms with Crippen LogP contribution in [-0.4, -0.2) is 42.9 Å². The number of carbonyl (C=O) groups is 2. The first-order chi connectivity index (χ1) is 10.6. The SMILES string of the molecule is Cc1c(Cl)cccc1NC(=O)CNC(=O)CN1CCCCC1. The number of amides is 2. The molecular weight excluding hydrogens is 302 g/mol. The van der Waals surface area contributed by atoms with Crippen LogP contribution in [0.25, 0.3) is 0 Å². The van der Waals surface area contributed by atoms with Gasteiger partial charge in [0.15, 0.2) is 0 Å². The molecule has 1 fully saturated rings. The van der Waals surface area contributed by atoms with E-state index < -0.39 is 0 Å². The summed E-state index contributed by atoms with van der Waals surface area (Å²) >= 11 is 6.01. The van der Waals surface area contributed by atoms with Crippen molar-refractivity contribution in [3.8, 4) is 0 Å².